The zero-order valence-electron chi connectivity index (χ0n) is 12.3. The molecule has 0 saturated heterocycles. The summed E-state index contributed by atoms with van der Waals surface area (Å²) in [7, 11) is 0. The molecule has 3 rings (SSSR count). The summed E-state index contributed by atoms with van der Waals surface area (Å²) < 4.78 is 0. The third-order valence-electron chi connectivity index (χ3n) is 3.80. The summed E-state index contributed by atoms with van der Waals surface area (Å²) in [5, 5.41) is 5.54. The monoisotopic (exact) mass is 294 g/mol. The van der Waals surface area contributed by atoms with Crippen molar-refractivity contribution in [1.29, 1.82) is 0 Å². The van der Waals surface area contributed by atoms with E-state index in [1.54, 1.807) is 6.07 Å². The minimum absolute atomic E-state index is 0.166. The fourth-order valence-electron chi connectivity index (χ4n) is 2.68. The number of ketones is 1. The summed E-state index contributed by atoms with van der Waals surface area (Å²) in [5.41, 5.74) is 3.19. The number of para-hydroxylation sites is 1. The highest BCUT2D eigenvalue weighted by molar-refractivity contribution is 6.02. The number of rotatable bonds is 2. The maximum Gasteiger partial charge on any atom is 0.323 e. The number of nitrogens with one attached hydrogen (secondary N) is 2. The van der Waals surface area contributed by atoms with Gasteiger partial charge in [0.25, 0.3) is 0 Å². The van der Waals surface area contributed by atoms with E-state index in [0.717, 1.165) is 36.1 Å². The van der Waals surface area contributed by atoms with E-state index in [9.17, 15) is 9.59 Å². The summed E-state index contributed by atoms with van der Waals surface area (Å²) >= 11 is 0. The zero-order valence-corrected chi connectivity index (χ0v) is 12.3. The van der Waals surface area contributed by atoms with Gasteiger partial charge < -0.3 is 10.6 Å². The van der Waals surface area contributed by atoms with Crippen LogP contribution in [-0.2, 0) is 6.42 Å². The lowest BCUT2D eigenvalue weighted by molar-refractivity contribution is 0.0982. The fourth-order valence-corrected chi connectivity index (χ4v) is 2.68. The number of anilines is 2. The van der Waals surface area contributed by atoms with Gasteiger partial charge >= 0.3 is 6.03 Å². The summed E-state index contributed by atoms with van der Waals surface area (Å²) in [4.78, 5) is 24.1. The molecule has 0 aromatic heterocycles. The van der Waals surface area contributed by atoms with Crippen LogP contribution in [0.2, 0.25) is 0 Å². The van der Waals surface area contributed by atoms with Crippen molar-refractivity contribution in [3.05, 3.63) is 59.7 Å². The Morgan fingerprint density at radius 3 is 2.41 bits per heavy atom. The predicted octanol–water partition coefficient (Wildman–Crippen LogP) is 4.24. The molecule has 0 unspecified atom stereocenters. The second kappa shape index (κ2) is 6.43. The summed E-state index contributed by atoms with van der Waals surface area (Å²) in [6.45, 7) is 0. The minimum Gasteiger partial charge on any atom is -0.308 e. The summed E-state index contributed by atoms with van der Waals surface area (Å²) in [5.74, 6) is 0.166. The van der Waals surface area contributed by atoms with Gasteiger partial charge in [0.05, 0.1) is 0 Å². The smallest absolute Gasteiger partial charge is 0.308 e. The molecular formula is C18H18N2O2. The molecular weight excluding hydrogens is 276 g/mol. The molecule has 0 atom stereocenters. The Balaban J connectivity index is 1.73. The van der Waals surface area contributed by atoms with Crippen molar-refractivity contribution in [3.8, 4) is 0 Å². The predicted molar refractivity (Wildman–Crippen MR) is 87.4 cm³/mol. The van der Waals surface area contributed by atoms with Gasteiger partial charge in [-0.05, 0) is 49.1 Å². The van der Waals surface area contributed by atoms with Crippen LogP contribution in [0.15, 0.2) is 48.5 Å². The molecule has 22 heavy (non-hydrogen) atoms. The molecule has 0 radical (unpaired) electrons. The lowest BCUT2D eigenvalue weighted by Crippen LogP contribution is -2.19. The fraction of sp³-hybridized carbons (Fsp3) is 0.222. The molecule has 2 amide bonds. The molecule has 0 fully saturated rings. The average molecular weight is 294 g/mol. The Bertz CT molecular complexity index is 695. The Kier molecular flexibility index (Phi) is 4.19. The van der Waals surface area contributed by atoms with Gasteiger partial charge in [0.15, 0.2) is 5.78 Å². The van der Waals surface area contributed by atoms with Crippen LogP contribution in [0, 0.1) is 0 Å². The normalized spacial score (nSPS) is 13.9. The van der Waals surface area contributed by atoms with Crippen LogP contribution < -0.4 is 10.6 Å². The van der Waals surface area contributed by atoms with E-state index in [1.807, 2.05) is 42.5 Å². The number of hydrogen-bond acceptors (Lipinski definition) is 2. The van der Waals surface area contributed by atoms with Crippen molar-refractivity contribution in [2.24, 2.45) is 0 Å². The Morgan fingerprint density at radius 1 is 0.864 bits per heavy atom. The second-order valence-electron chi connectivity index (χ2n) is 5.45. The molecule has 0 aliphatic heterocycles. The van der Waals surface area contributed by atoms with Crippen molar-refractivity contribution in [2.75, 3.05) is 10.6 Å². The first kappa shape index (κ1) is 14.3. The van der Waals surface area contributed by atoms with Crippen LogP contribution >= 0.6 is 0 Å². The van der Waals surface area contributed by atoms with Crippen molar-refractivity contribution >= 4 is 23.2 Å². The number of carbonyl (C=O) groups is 2. The van der Waals surface area contributed by atoms with Crippen molar-refractivity contribution in [3.63, 3.8) is 0 Å². The summed E-state index contributed by atoms with van der Waals surface area (Å²) in [6, 6.07) is 14.5. The van der Waals surface area contributed by atoms with E-state index < -0.39 is 0 Å². The standard InChI is InChI=1S/C18H18N2O2/c21-17-9-5-4-6-13-10-11-15(12-16(13)17)20-18(22)19-14-7-2-1-3-8-14/h1-3,7-8,10-12H,4-6,9H2,(H2,19,20,22). The maximum atomic E-state index is 12.1. The van der Waals surface area contributed by atoms with Gasteiger partial charge in [0, 0.05) is 23.4 Å². The van der Waals surface area contributed by atoms with E-state index in [-0.39, 0.29) is 11.8 Å². The summed E-state index contributed by atoms with van der Waals surface area (Å²) in [6.07, 6.45) is 3.50. The van der Waals surface area contributed by atoms with E-state index in [0.29, 0.717) is 12.1 Å². The van der Waals surface area contributed by atoms with Gasteiger partial charge in [-0.1, -0.05) is 24.3 Å². The third kappa shape index (κ3) is 3.34. The van der Waals surface area contributed by atoms with Crippen LogP contribution in [0.3, 0.4) is 0 Å². The third-order valence-corrected chi connectivity index (χ3v) is 3.80. The second-order valence-corrected chi connectivity index (χ2v) is 5.45. The van der Waals surface area contributed by atoms with Crippen molar-refractivity contribution in [1.82, 2.24) is 0 Å². The van der Waals surface area contributed by atoms with E-state index >= 15 is 0 Å². The van der Waals surface area contributed by atoms with Crippen molar-refractivity contribution in [2.45, 2.75) is 25.7 Å². The SMILES string of the molecule is O=C(Nc1ccccc1)Nc1ccc2c(c1)C(=O)CCCC2. The highest BCUT2D eigenvalue weighted by atomic mass is 16.2. The molecule has 112 valence electrons. The van der Waals surface area contributed by atoms with Gasteiger partial charge in [0.1, 0.15) is 0 Å². The molecule has 4 nitrogen and oxygen atoms in total. The van der Waals surface area contributed by atoms with Gasteiger partial charge in [-0.15, -0.1) is 0 Å². The number of hydrogen-bond donors (Lipinski definition) is 2. The number of aryl methyl sites for hydroxylation is 1. The van der Waals surface area contributed by atoms with E-state index in [4.69, 9.17) is 0 Å². The molecule has 2 aromatic rings. The van der Waals surface area contributed by atoms with Crippen LogP contribution in [0.25, 0.3) is 0 Å². The van der Waals surface area contributed by atoms with Crippen LogP contribution in [-0.4, -0.2) is 11.8 Å². The largest absolute Gasteiger partial charge is 0.323 e. The molecule has 2 aromatic carbocycles. The van der Waals surface area contributed by atoms with Crippen LogP contribution in [0.5, 0.6) is 0 Å². The Hall–Kier alpha value is -2.62. The molecule has 0 saturated carbocycles. The van der Waals surface area contributed by atoms with Gasteiger partial charge in [-0.25, -0.2) is 4.79 Å². The molecule has 0 spiro atoms. The van der Waals surface area contributed by atoms with Gasteiger partial charge in [0.2, 0.25) is 0 Å². The van der Waals surface area contributed by atoms with E-state index in [1.165, 1.54) is 0 Å². The van der Waals surface area contributed by atoms with Crippen LogP contribution in [0.1, 0.15) is 35.2 Å². The molecule has 4 heteroatoms. The number of Topliss-reactive ketones (excluding diaryl/α,β-unsaturated/α-hetero) is 1. The first-order valence-corrected chi connectivity index (χ1v) is 7.51. The average Bonchev–Trinajstić information content (AvgIpc) is 2.70. The Morgan fingerprint density at radius 2 is 1.59 bits per heavy atom. The minimum atomic E-state index is -0.313. The Labute approximate surface area is 129 Å². The highest BCUT2D eigenvalue weighted by Crippen LogP contribution is 2.24. The van der Waals surface area contributed by atoms with Crippen molar-refractivity contribution < 1.29 is 9.59 Å². The van der Waals surface area contributed by atoms with Gasteiger partial charge in [-0.2, -0.15) is 0 Å². The molecule has 2 N–H and O–H groups in total. The number of amides is 2. The van der Waals surface area contributed by atoms with E-state index in [2.05, 4.69) is 10.6 Å². The lowest BCUT2D eigenvalue weighted by atomic mass is 10.0. The highest BCUT2D eigenvalue weighted by Gasteiger charge is 2.16. The topological polar surface area (TPSA) is 58.2 Å². The maximum absolute atomic E-state index is 12.1. The number of carbonyl (C=O) groups excluding carboxylic acids is 2. The quantitative estimate of drug-likeness (QED) is 0.814. The number of fused-ring (bicyclic) bond motifs is 1. The molecule has 1 aliphatic rings. The lowest BCUT2D eigenvalue weighted by Gasteiger charge is -2.10. The number of benzene rings is 2. The van der Waals surface area contributed by atoms with Crippen LogP contribution in [0.4, 0.5) is 16.2 Å². The molecule has 0 heterocycles. The molecule has 1 aliphatic carbocycles. The first-order valence-electron chi connectivity index (χ1n) is 7.51. The number of urea groups is 1. The zero-order chi connectivity index (χ0) is 15.4. The first-order chi connectivity index (χ1) is 10.7. The molecule has 0 bridgehead atoms. The van der Waals surface area contributed by atoms with Gasteiger partial charge in [-0.3, -0.25) is 4.79 Å².